The van der Waals surface area contributed by atoms with E-state index in [-0.39, 0.29) is 11.8 Å². The van der Waals surface area contributed by atoms with Gasteiger partial charge in [-0.15, -0.1) is 0 Å². The first-order valence-electron chi connectivity index (χ1n) is 8.74. The molecule has 2 aliphatic rings. The van der Waals surface area contributed by atoms with Gasteiger partial charge in [-0.2, -0.15) is 0 Å². The lowest BCUT2D eigenvalue weighted by molar-refractivity contribution is -0.139. The topological polar surface area (TPSA) is 61.9 Å². The molecule has 0 bridgehead atoms. The largest absolute Gasteiger partial charge is 0.481 e. The highest BCUT2D eigenvalue weighted by molar-refractivity contribution is 6.30. The van der Waals surface area contributed by atoms with Crippen LogP contribution in [0.25, 0.3) is 0 Å². The normalized spacial score (nSPS) is 19.4. The van der Waals surface area contributed by atoms with Crippen LogP contribution in [-0.2, 0) is 9.59 Å². The van der Waals surface area contributed by atoms with Gasteiger partial charge in [-0.05, 0) is 44.0 Å². The fraction of sp³-hybridized carbons (Fsp3) is 0.556. The van der Waals surface area contributed by atoms with Gasteiger partial charge in [-0.1, -0.05) is 11.6 Å². The van der Waals surface area contributed by atoms with Gasteiger partial charge in [0.25, 0.3) is 5.91 Å². The lowest BCUT2D eigenvalue weighted by Crippen LogP contribution is -2.53. The molecular formula is C18H24ClN3O3. The maximum Gasteiger partial charge on any atom is 0.263 e. The molecule has 1 saturated heterocycles. The van der Waals surface area contributed by atoms with Crippen molar-refractivity contribution in [2.45, 2.75) is 31.9 Å². The average molecular weight is 366 g/mol. The summed E-state index contributed by atoms with van der Waals surface area (Å²) in [6.45, 7) is 4.81. The summed E-state index contributed by atoms with van der Waals surface area (Å²) < 4.78 is 5.70. The molecule has 7 heteroatoms. The van der Waals surface area contributed by atoms with Crippen molar-refractivity contribution in [1.29, 1.82) is 0 Å². The van der Waals surface area contributed by atoms with Gasteiger partial charge in [0.2, 0.25) is 5.91 Å². The molecule has 1 aromatic carbocycles. The molecule has 0 aromatic heterocycles. The number of rotatable bonds is 6. The number of amides is 2. The van der Waals surface area contributed by atoms with Crippen molar-refractivity contribution < 1.29 is 14.3 Å². The van der Waals surface area contributed by atoms with Gasteiger partial charge in [0, 0.05) is 37.2 Å². The number of hydrogen-bond donors (Lipinski definition) is 1. The van der Waals surface area contributed by atoms with Crippen molar-refractivity contribution in [3.8, 4) is 5.75 Å². The van der Waals surface area contributed by atoms with E-state index in [0.29, 0.717) is 49.5 Å². The Morgan fingerprint density at radius 1 is 1.20 bits per heavy atom. The molecule has 2 fully saturated rings. The number of ether oxygens (including phenoxy) is 1. The Morgan fingerprint density at radius 2 is 1.84 bits per heavy atom. The number of benzene rings is 1. The third kappa shape index (κ3) is 5.34. The highest BCUT2D eigenvalue weighted by atomic mass is 35.5. The maximum atomic E-state index is 12.5. The lowest BCUT2D eigenvalue weighted by Gasteiger charge is -2.35. The van der Waals surface area contributed by atoms with Crippen LogP contribution in [-0.4, -0.2) is 66.5 Å². The van der Waals surface area contributed by atoms with Crippen molar-refractivity contribution >= 4 is 23.4 Å². The van der Waals surface area contributed by atoms with Crippen LogP contribution in [0.15, 0.2) is 24.3 Å². The minimum absolute atomic E-state index is 0.0305. The summed E-state index contributed by atoms with van der Waals surface area (Å²) in [5.41, 5.74) is 0. The highest BCUT2D eigenvalue weighted by Crippen LogP contribution is 2.19. The van der Waals surface area contributed by atoms with Crippen molar-refractivity contribution in [2.75, 3.05) is 32.7 Å². The second kappa shape index (κ2) is 8.06. The van der Waals surface area contributed by atoms with Crippen LogP contribution in [0.2, 0.25) is 5.02 Å². The summed E-state index contributed by atoms with van der Waals surface area (Å²) in [5.74, 6) is 0.680. The standard InChI is InChI=1S/C18H24ClN3O3/c1-13(25-16-6-2-14(19)3-7-16)18(24)22-10-8-21(9-11-22)12-17(23)20-15-4-5-15/h2-3,6-7,13,15H,4-5,8-12H2,1H3,(H,20,23). The van der Waals surface area contributed by atoms with E-state index in [9.17, 15) is 9.59 Å². The van der Waals surface area contributed by atoms with Crippen molar-refractivity contribution in [1.82, 2.24) is 15.1 Å². The Hall–Kier alpha value is -1.79. The predicted molar refractivity (Wildman–Crippen MR) is 95.7 cm³/mol. The molecule has 3 rings (SSSR count). The molecule has 6 nitrogen and oxygen atoms in total. The fourth-order valence-electron chi connectivity index (χ4n) is 2.86. The summed E-state index contributed by atoms with van der Waals surface area (Å²) in [4.78, 5) is 28.3. The molecule has 1 unspecified atom stereocenters. The zero-order valence-electron chi connectivity index (χ0n) is 14.4. The first-order valence-corrected chi connectivity index (χ1v) is 9.12. The van der Waals surface area contributed by atoms with E-state index in [1.165, 1.54) is 0 Å². The van der Waals surface area contributed by atoms with Gasteiger partial charge < -0.3 is 15.0 Å². The zero-order valence-corrected chi connectivity index (χ0v) is 15.2. The molecule has 1 aliphatic carbocycles. The first kappa shape index (κ1) is 18.0. The van der Waals surface area contributed by atoms with Crippen LogP contribution < -0.4 is 10.1 Å². The molecule has 136 valence electrons. The SMILES string of the molecule is CC(Oc1ccc(Cl)cc1)C(=O)N1CCN(CC(=O)NC2CC2)CC1. The molecule has 0 spiro atoms. The Morgan fingerprint density at radius 3 is 2.44 bits per heavy atom. The Balaban J connectivity index is 1.42. The lowest BCUT2D eigenvalue weighted by atomic mass is 10.2. The summed E-state index contributed by atoms with van der Waals surface area (Å²) in [6, 6.07) is 7.37. The molecule has 0 radical (unpaired) electrons. The van der Waals surface area contributed by atoms with E-state index < -0.39 is 6.10 Å². The third-order valence-electron chi connectivity index (χ3n) is 4.47. The number of piperazine rings is 1. The predicted octanol–water partition coefficient (Wildman–Crippen LogP) is 1.53. The summed E-state index contributed by atoms with van der Waals surface area (Å²) in [7, 11) is 0. The number of hydrogen-bond acceptors (Lipinski definition) is 4. The zero-order chi connectivity index (χ0) is 17.8. The number of halogens is 1. The van der Waals surface area contributed by atoms with Crippen LogP contribution >= 0.6 is 11.6 Å². The Labute approximate surface area is 153 Å². The van der Waals surface area contributed by atoms with E-state index >= 15 is 0 Å². The third-order valence-corrected chi connectivity index (χ3v) is 4.72. The van der Waals surface area contributed by atoms with Gasteiger partial charge >= 0.3 is 0 Å². The molecular weight excluding hydrogens is 342 g/mol. The molecule has 1 saturated carbocycles. The van der Waals surface area contributed by atoms with Gasteiger partial charge in [0.15, 0.2) is 6.10 Å². The number of carbonyl (C=O) groups excluding carboxylic acids is 2. The fourth-order valence-corrected chi connectivity index (χ4v) is 2.98. The van der Waals surface area contributed by atoms with E-state index in [0.717, 1.165) is 12.8 Å². The van der Waals surface area contributed by atoms with Gasteiger partial charge in [0.05, 0.1) is 6.54 Å². The van der Waals surface area contributed by atoms with E-state index in [1.54, 1.807) is 36.1 Å². The minimum atomic E-state index is -0.550. The van der Waals surface area contributed by atoms with Crippen molar-refractivity contribution in [2.24, 2.45) is 0 Å². The smallest absolute Gasteiger partial charge is 0.263 e. The summed E-state index contributed by atoms with van der Waals surface area (Å²) in [6.07, 6.45) is 1.64. The second-order valence-corrected chi connectivity index (χ2v) is 7.09. The van der Waals surface area contributed by atoms with Crippen LogP contribution in [0, 0.1) is 0 Å². The molecule has 1 N–H and O–H groups in total. The van der Waals surface area contributed by atoms with Crippen molar-refractivity contribution in [3.63, 3.8) is 0 Å². The van der Waals surface area contributed by atoms with Crippen molar-refractivity contribution in [3.05, 3.63) is 29.3 Å². The van der Waals surface area contributed by atoms with Gasteiger partial charge in [0.1, 0.15) is 5.75 Å². The van der Waals surface area contributed by atoms with E-state index in [2.05, 4.69) is 10.2 Å². The second-order valence-electron chi connectivity index (χ2n) is 6.66. The van der Waals surface area contributed by atoms with Crippen LogP contribution in [0.3, 0.4) is 0 Å². The summed E-state index contributed by atoms with van der Waals surface area (Å²) in [5, 5.41) is 3.63. The molecule has 1 atom stereocenters. The number of nitrogens with one attached hydrogen (secondary N) is 1. The van der Waals surface area contributed by atoms with Crippen LogP contribution in [0.1, 0.15) is 19.8 Å². The Kier molecular flexibility index (Phi) is 5.81. The minimum Gasteiger partial charge on any atom is -0.481 e. The van der Waals surface area contributed by atoms with Gasteiger partial charge in [-0.3, -0.25) is 14.5 Å². The molecule has 2 amide bonds. The quantitative estimate of drug-likeness (QED) is 0.830. The molecule has 1 aromatic rings. The Bertz CT molecular complexity index is 610. The number of nitrogens with zero attached hydrogens (tertiary/aromatic N) is 2. The highest BCUT2D eigenvalue weighted by Gasteiger charge is 2.28. The van der Waals surface area contributed by atoms with Crippen LogP contribution in [0.5, 0.6) is 5.75 Å². The summed E-state index contributed by atoms with van der Waals surface area (Å²) >= 11 is 5.85. The van der Waals surface area contributed by atoms with Gasteiger partial charge in [-0.25, -0.2) is 0 Å². The molecule has 1 aliphatic heterocycles. The monoisotopic (exact) mass is 365 g/mol. The molecule has 25 heavy (non-hydrogen) atoms. The van der Waals surface area contributed by atoms with E-state index in [4.69, 9.17) is 16.3 Å². The molecule has 1 heterocycles. The van der Waals surface area contributed by atoms with Crippen LogP contribution in [0.4, 0.5) is 0 Å². The first-order chi connectivity index (χ1) is 12.0. The van der Waals surface area contributed by atoms with E-state index in [1.807, 2.05) is 0 Å². The average Bonchev–Trinajstić information content (AvgIpc) is 3.40. The maximum absolute atomic E-state index is 12.5. The number of carbonyl (C=O) groups is 2.